The maximum Gasteiger partial charge on any atom is 0.293 e. The molecule has 3 aromatic rings. The van der Waals surface area contributed by atoms with Gasteiger partial charge in [-0.1, -0.05) is 30.3 Å². The van der Waals surface area contributed by atoms with Gasteiger partial charge >= 0.3 is 0 Å². The molecule has 0 unspecified atom stereocenters. The van der Waals surface area contributed by atoms with Crippen LogP contribution in [0.1, 0.15) is 24.1 Å². The van der Waals surface area contributed by atoms with Crippen LogP contribution in [0.15, 0.2) is 73.1 Å². The van der Waals surface area contributed by atoms with Gasteiger partial charge in [0.2, 0.25) is 12.8 Å². The van der Waals surface area contributed by atoms with Gasteiger partial charge in [-0.2, -0.15) is 4.57 Å². The Balaban J connectivity index is 1.41. The number of amides is 1. The van der Waals surface area contributed by atoms with E-state index in [1.807, 2.05) is 48.1 Å². The smallest absolute Gasteiger partial charge is 0.293 e. The third-order valence-electron chi connectivity index (χ3n) is 4.64. The highest BCUT2D eigenvalue weighted by atomic mass is 16.7. The number of carbonyl (C=O) groups is 1. The largest absolute Gasteiger partial charge is 0.454 e. The molecule has 0 bridgehead atoms. The highest BCUT2D eigenvalue weighted by Gasteiger charge is 2.23. The summed E-state index contributed by atoms with van der Waals surface area (Å²) < 4.78 is 12.5. The molecule has 27 heavy (non-hydrogen) atoms. The second kappa shape index (κ2) is 7.50. The van der Waals surface area contributed by atoms with Gasteiger partial charge < -0.3 is 14.8 Å². The van der Waals surface area contributed by atoms with Crippen LogP contribution in [0.5, 0.6) is 11.5 Å². The zero-order chi connectivity index (χ0) is 18.6. The van der Waals surface area contributed by atoms with E-state index in [1.54, 1.807) is 12.1 Å². The van der Waals surface area contributed by atoms with Gasteiger partial charge in [0.15, 0.2) is 23.9 Å². The standard InChI is InChI=1S/C22H20N2O3/c1-16(22(25)23-19-7-8-20-21(14-19)27-15-26-20)24-11-9-18(10-12-24)13-17-5-3-2-4-6-17/h2-12,14,16H,13,15H2,1H3/p+1/t16-/m1/s1. The number of nitrogens with zero attached hydrogens (tertiary/aromatic N) is 1. The Morgan fingerprint density at radius 3 is 2.48 bits per heavy atom. The lowest BCUT2D eigenvalue weighted by Gasteiger charge is -2.10. The second-order valence-corrected chi connectivity index (χ2v) is 6.55. The van der Waals surface area contributed by atoms with Crippen molar-refractivity contribution in [3.63, 3.8) is 0 Å². The average Bonchev–Trinajstić information content (AvgIpc) is 3.16. The number of aromatic nitrogens is 1. The predicted molar refractivity (Wildman–Crippen MR) is 102 cm³/mol. The average molecular weight is 361 g/mol. The van der Waals surface area contributed by atoms with Gasteiger partial charge in [0.05, 0.1) is 0 Å². The predicted octanol–water partition coefficient (Wildman–Crippen LogP) is 3.49. The maximum absolute atomic E-state index is 12.6. The Labute approximate surface area is 158 Å². The molecule has 1 aliphatic heterocycles. The fraction of sp³-hybridized carbons (Fsp3) is 0.182. The van der Waals surface area contributed by atoms with Crippen molar-refractivity contribution in [3.8, 4) is 11.5 Å². The molecule has 1 aromatic heterocycles. The number of rotatable bonds is 5. The molecule has 1 atom stereocenters. The molecule has 0 saturated carbocycles. The van der Waals surface area contributed by atoms with Crippen LogP contribution in [0, 0.1) is 0 Å². The van der Waals surface area contributed by atoms with Crippen molar-refractivity contribution in [1.82, 2.24) is 0 Å². The summed E-state index contributed by atoms with van der Waals surface area (Å²) in [6, 6.07) is 19.5. The SMILES string of the molecule is C[C@H](C(=O)Nc1ccc2c(c1)OCO2)[n+]1ccc(Cc2ccccc2)cc1. The summed E-state index contributed by atoms with van der Waals surface area (Å²) in [6.07, 6.45) is 4.77. The van der Waals surface area contributed by atoms with Gasteiger partial charge in [-0.25, -0.2) is 0 Å². The first kappa shape index (κ1) is 17.1. The lowest BCUT2D eigenvalue weighted by atomic mass is 10.1. The van der Waals surface area contributed by atoms with E-state index < -0.39 is 0 Å². The van der Waals surface area contributed by atoms with Crippen LogP contribution < -0.4 is 19.4 Å². The first-order valence-electron chi connectivity index (χ1n) is 8.93. The number of fused-ring (bicyclic) bond motifs is 1. The number of benzene rings is 2. The van der Waals surface area contributed by atoms with Crippen molar-refractivity contribution in [2.24, 2.45) is 0 Å². The van der Waals surface area contributed by atoms with Crippen LogP contribution in [0.3, 0.4) is 0 Å². The van der Waals surface area contributed by atoms with E-state index in [0.717, 1.165) is 6.42 Å². The molecule has 0 radical (unpaired) electrons. The molecule has 1 N–H and O–H groups in total. The van der Waals surface area contributed by atoms with Crippen LogP contribution in [0.25, 0.3) is 0 Å². The lowest BCUT2D eigenvalue weighted by molar-refractivity contribution is -0.705. The van der Waals surface area contributed by atoms with E-state index >= 15 is 0 Å². The van der Waals surface area contributed by atoms with Crippen LogP contribution in [-0.4, -0.2) is 12.7 Å². The van der Waals surface area contributed by atoms with Crippen LogP contribution >= 0.6 is 0 Å². The fourth-order valence-corrected chi connectivity index (χ4v) is 3.03. The van der Waals surface area contributed by atoms with E-state index in [1.165, 1.54) is 11.1 Å². The Kier molecular flexibility index (Phi) is 4.75. The maximum atomic E-state index is 12.6. The highest BCUT2D eigenvalue weighted by Crippen LogP contribution is 2.34. The summed E-state index contributed by atoms with van der Waals surface area (Å²) in [6.45, 7) is 2.09. The summed E-state index contributed by atoms with van der Waals surface area (Å²) >= 11 is 0. The van der Waals surface area contributed by atoms with Crippen molar-refractivity contribution in [2.45, 2.75) is 19.4 Å². The molecule has 1 aliphatic rings. The Morgan fingerprint density at radius 1 is 1.00 bits per heavy atom. The van der Waals surface area contributed by atoms with Crippen molar-refractivity contribution in [2.75, 3.05) is 12.1 Å². The van der Waals surface area contributed by atoms with Crippen molar-refractivity contribution >= 4 is 11.6 Å². The van der Waals surface area contributed by atoms with E-state index in [-0.39, 0.29) is 18.7 Å². The molecule has 2 aromatic carbocycles. The van der Waals surface area contributed by atoms with Crippen LogP contribution in [0.2, 0.25) is 0 Å². The molecule has 136 valence electrons. The number of ether oxygens (including phenoxy) is 2. The van der Waals surface area contributed by atoms with Gasteiger partial charge in [-0.3, -0.25) is 4.79 Å². The molecule has 0 saturated heterocycles. The minimum absolute atomic E-state index is 0.0883. The topological polar surface area (TPSA) is 51.4 Å². The quantitative estimate of drug-likeness (QED) is 0.708. The molecular formula is C22H21N2O3+. The van der Waals surface area contributed by atoms with Gasteiger partial charge in [0.1, 0.15) is 0 Å². The van der Waals surface area contributed by atoms with E-state index in [9.17, 15) is 4.79 Å². The summed E-state index contributed by atoms with van der Waals surface area (Å²) in [4.78, 5) is 12.6. The number of pyridine rings is 1. The number of anilines is 1. The molecule has 1 amide bonds. The number of hydrogen-bond acceptors (Lipinski definition) is 3. The number of carbonyl (C=O) groups excluding carboxylic acids is 1. The van der Waals surface area contributed by atoms with E-state index in [0.29, 0.717) is 17.2 Å². The molecule has 4 rings (SSSR count). The van der Waals surface area contributed by atoms with Crippen molar-refractivity contribution in [1.29, 1.82) is 0 Å². The monoisotopic (exact) mass is 361 g/mol. The van der Waals surface area contributed by atoms with Crippen molar-refractivity contribution in [3.05, 3.63) is 84.2 Å². The zero-order valence-electron chi connectivity index (χ0n) is 15.1. The van der Waals surface area contributed by atoms with Crippen LogP contribution in [0.4, 0.5) is 5.69 Å². The molecule has 0 fully saturated rings. The number of nitrogens with one attached hydrogen (secondary N) is 1. The minimum atomic E-state index is -0.332. The summed E-state index contributed by atoms with van der Waals surface area (Å²) in [5.41, 5.74) is 3.17. The molecule has 0 spiro atoms. The molecular weight excluding hydrogens is 340 g/mol. The van der Waals surface area contributed by atoms with Gasteiger partial charge in [0.25, 0.3) is 5.91 Å². The molecule has 2 heterocycles. The lowest BCUT2D eigenvalue weighted by Crippen LogP contribution is -2.44. The van der Waals surface area contributed by atoms with E-state index in [4.69, 9.17) is 9.47 Å². The summed E-state index contributed by atoms with van der Waals surface area (Å²) in [5.74, 6) is 1.26. The highest BCUT2D eigenvalue weighted by molar-refractivity contribution is 5.92. The van der Waals surface area contributed by atoms with E-state index in [2.05, 4.69) is 29.6 Å². The summed E-state index contributed by atoms with van der Waals surface area (Å²) in [5, 5.41) is 2.93. The second-order valence-electron chi connectivity index (χ2n) is 6.55. The molecule has 5 nitrogen and oxygen atoms in total. The first-order chi connectivity index (χ1) is 13.2. The Bertz CT molecular complexity index is 940. The number of hydrogen-bond donors (Lipinski definition) is 1. The Morgan fingerprint density at radius 2 is 1.70 bits per heavy atom. The molecule has 5 heteroatoms. The fourth-order valence-electron chi connectivity index (χ4n) is 3.03. The zero-order valence-corrected chi connectivity index (χ0v) is 15.1. The first-order valence-corrected chi connectivity index (χ1v) is 8.93. The van der Waals surface area contributed by atoms with Gasteiger partial charge in [0, 0.05) is 30.8 Å². The minimum Gasteiger partial charge on any atom is -0.454 e. The van der Waals surface area contributed by atoms with Gasteiger partial charge in [-0.15, -0.1) is 0 Å². The third kappa shape index (κ3) is 3.92. The van der Waals surface area contributed by atoms with Crippen molar-refractivity contribution < 1.29 is 18.8 Å². The normalized spacial score (nSPS) is 13.2. The van der Waals surface area contributed by atoms with Crippen LogP contribution in [-0.2, 0) is 11.2 Å². The molecule has 0 aliphatic carbocycles. The van der Waals surface area contributed by atoms with Gasteiger partial charge in [-0.05, 0) is 29.7 Å². The summed E-state index contributed by atoms with van der Waals surface area (Å²) in [7, 11) is 0. The third-order valence-corrected chi connectivity index (χ3v) is 4.64. The Hall–Kier alpha value is -3.34.